The topological polar surface area (TPSA) is 66.4 Å². The van der Waals surface area contributed by atoms with Crippen LogP contribution in [0, 0.1) is 0 Å². The zero-order valence-corrected chi connectivity index (χ0v) is 9.32. The maximum absolute atomic E-state index is 11.1. The van der Waals surface area contributed by atoms with E-state index in [0.29, 0.717) is 6.54 Å². The van der Waals surface area contributed by atoms with E-state index >= 15 is 0 Å². The molecule has 0 aliphatic carbocycles. The summed E-state index contributed by atoms with van der Waals surface area (Å²) in [6.07, 6.45) is 0.282. The van der Waals surface area contributed by atoms with Crippen LogP contribution in [0.3, 0.4) is 0 Å². The highest BCUT2D eigenvalue weighted by molar-refractivity contribution is 7.91. The van der Waals surface area contributed by atoms with E-state index in [1.165, 1.54) is 0 Å². The first-order valence-corrected chi connectivity index (χ1v) is 6.22. The van der Waals surface area contributed by atoms with Gasteiger partial charge in [-0.15, -0.1) is 0 Å². The fourth-order valence-corrected chi connectivity index (χ4v) is 2.03. The number of hydrogen-bond donors (Lipinski definition) is 2. The third-order valence-electron chi connectivity index (χ3n) is 1.95. The predicted molar refractivity (Wildman–Crippen MR) is 53.5 cm³/mol. The quantitative estimate of drug-likeness (QED) is 0.635. The van der Waals surface area contributed by atoms with E-state index < -0.39 is 15.4 Å². The minimum absolute atomic E-state index is 0.0537. The molecule has 0 aliphatic rings. The lowest BCUT2D eigenvalue weighted by molar-refractivity contribution is 0.0587. The lowest BCUT2D eigenvalue weighted by Crippen LogP contribution is -2.38. The standard InChI is InChI=1S/C8H19NO3S/c1-4-13(11,12)6-5-8(2,10)7-9-3/h9-10H,4-7H2,1-3H3. The average molecular weight is 209 g/mol. The van der Waals surface area contributed by atoms with Crippen molar-refractivity contribution in [1.82, 2.24) is 5.32 Å². The average Bonchev–Trinajstić information content (AvgIpc) is 2.02. The van der Waals surface area contributed by atoms with E-state index in [4.69, 9.17) is 0 Å². The molecule has 5 heteroatoms. The molecule has 1 unspecified atom stereocenters. The summed E-state index contributed by atoms with van der Waals surface area (Å²) in [6, 6.07) is 0. The Morgan fingerprint density at radius 1 is 1.46 bits per heavy atom. The van der Waals surface area contributed by atoms with Gasteiger partial charge in [-0.3, -0.25) is 0 Å². The van der Waals surface area contributed by atoms with Crippen molar-refractivity contribution in [2.75, 3.05) is 25.1 Å². The Hall–Kier alpha value is -0.130. The maximum atomic E-state index is 11.1. The monoisotopic (exact) mass is 209 g/mol. The van der Waals surface area contributed by atoms with Crippen molar-refractivity contribution in [2.45, 2.75) is 25.9 Å². The van der Waals surface area contributed by atoms with Crippen LogP contribution in [-0.2, 0) is 9.84 Å². The Morgan fingerprint density at radius 3 is 2.38 bits per heavy atom. The maximum Gasteiger partial charge on any atom is 0.150 e. The molecule has 0 aromatic carbocycles. The van der Waals surface area contributed by atoms with Crippen LogP contribution < -0.4 is 5.32 Å². The molecule has 80 valence electrons. The Morgan fingerprint density at radius 2 is 2.00 bits per heavy atom. The SMILES string of the molecule is CCS(=O)(=O)CCC(C)(O)CNC. The second-order valence-corrected chi connectivity index (χ2v) is 5.99. The Labute approximate surface area is 80.3 Å². The van der Waals surface area contributed by atoms with Crippen LogP contribution in [0.5, 0.6) is 0 Å². The molecule has 2 N–H and O–H groups in total. The van der Waals surface area contributed by atoms with E-state index in [-0.39, 0.29) is 17.9 Å². The van der Waals surface area contributed by atoms with Gasteiger partial charge in [0.25, 0.3) is 0 Å². The van der Waals surface area contributed by atoms with Crippen LogP contribution >= 0.6 is 0 Å². The zero-order valence-electron chi connectivity index (χ0n) is 8.50. The molecule has 0 saturated carbocycles. The smallest absolute Gasteiger partial charge is 0.150 e. The van der Waals surface area contributed by atoms with Crippen molar-refractivity contribution in [3.05, 3.63) is 0 Å². The van der Waals surface area contributed by atoms with Crippen LogP contribution in [0.25, 0.3) is 0 Å². The van der Waals surface area contributed by atoms with E-state index in [0.717, 1.165) is 0 Å². The summed E-state index contributed by atoms with van der Waals surface area (Å²) in [6.45, 7) is 3.66. The van der Waals surface area contributed by atoms with Gasteiger partial charge in [-0.25, -0.2) is 8.42 Å². The second kappa shape index (κ2) is 4.93. The Balaban J connectivity index is 4.01. The molecule has 0 aromatic rings. The highest BCUT2D eigenvalue weighted by Crippen LogP contribution is 2.09. The normalized spacial score (nSPS) is 16.9. The molecule has 13 heavy (non-hydrogen) atoms. The number of sulfone groups is 1. The molecule has 1 atom stereocenters. The Kier molecular flexibility index (Phi) is 4.88. The van der Waals surface area contributed by atoms with Gasteiger partial charge in [-0.1, -0.05) is 6.92 Å². The van der Waals surface area contributed by atoms with Crippen LogP contribution in [0.15, 0.2) is 0 Å². The first kappa shape index (κ1) is 12.9. The molecule has 0 fully saturated rings. The second-order valence-electron chi connectivity index (χ2n) is 3.51. The molecular formula is C8H19NO3S. The van der Waals surface area contributed by atoms with Crippen LogP contribution in [-0.4, -0.2) is 44.2 Å². The molecule has 0 rings (SSSR count). The van der Waals surface area contributed by atoms with Gasteiger partial charge >= 0.3 is 0 Å². The third kappa shape index (κ3) is 6.01. The zero-order chi connectivity index (χ0) is 10.5. The number of hydrogen-bond acceptors (Lipinski definition) is 4. The molecule has 0 heterocycles. The summed E-state index contributed by atoms with van der Waals surface area (Å²) < 4.78 is 22.2. The molecule has 0 bridgehead atoms. The van der Waals surface area contributed by atoms with Gasteiger partial charge in [0.05, 0.1) is 11.4 Å². The van der Waals surface area contributed by atoms with Crippen LogP contribution in [0.2, 0.25) is 0 Å². The van der Waals surface area contributed by atoms with E-state index in [1.807, 2.05) is 0 Å². The third-order valence-corrected chi connectivity index (χ3v) is 3.65. The number of aliphatic hydroxyl groups is 1. The number of nitrogens with one attached hydrogen (secondary N) is 1. The van der Waals surface area contributed by atoms with Crippen molar-refractivity contribution in [2.24, 2.45) is 0 Å². The Bertz CT molecular complexity index is 234. The predicted octanol–water partition coefficient (Wildman–Crippen LogP) is -0.218. The van der Waals surface area contributed by atoms with Crippen LogP contribution in [0.4, 0.5) is 0 Å². The number of rotatable bonds is 6. The number of likely N-dealkylation sites (N-methyl/N-ethyl adjacent to an activating group) is 1. The van der Waals surface area contributed by atoms with E-state index in [9.17, 15) is 13.5 Å². The van der Waals surface area contributed by atoms with Gasteiger partial charge in [0, 0.05) is 12.3 Å². The molecule has 0 aliphatic heterocycles. The summed E-state index contributed by atoms with van der Waals surface area (Å²) in [4.78, 5) is 0. The molecule has 0 amide bonds. The fourth-order valence-electron chi connectivity index (χ4n) is 0.989. The van der Waals surface area contributed by atoms with Crippen molar-refractivity contribution < 1.29 is 13.5 Å². The summed E-state index contributed by atoms with van der Waals surface area (Å²) in [5, 5.41) is 12.5. The van der Waals surface area contributed by atoms with Gasteiger partial charge in [-0.2, -0.15) is 0 Å². The summed E-state index contributed by atoms with van der Waals surface area (Å²) in [5.41, 5.74) is -0.934. The minimum atomic E-state index is -2.96. The molecule has 0 radical (unpaired) electrons. The highest BCUT2D eigenvalue weighted by Gasteiger charge is 2.22. The summed E-state index contributed by atoms with van der Waals surface area (Å²) in [5.74, 6) is 0.195. The molecule has 0 aromatic heterocycles. The molecular weight excluding hydrogens is 190 g/mol. The van der Waals surface area contributed by atoms with Gasteiger partial charge in [0.2, 0.25) is 0 Å². The van der Waals surface area contributed by atoms with E-state index in [1.54, 1.807) is 20.9 Å². The van der Waals surface area contributed by atoms with Crippen molar-refractivity contribution in [1.29, 1.82) is 0 Å². The molecule has 4 nitrogen and oxygen atoms in total. The van der Waals surface area contributed by atoms with Gasteiger partial charge in [-0.05, 0) is 20.4 Å². The first-order valence-electron chi connectivity index (χ1n) is 4.40. The lowest BCUT2D eigenvalue weighted by Gasteiger charge is -2.22. The highest BCUT2D eigenvalue weighted by atomic mass is 32.2. The van der Waals surface area contributed by atoms with Crippen LogP contribution in [0.1, 0.15) is 20.3 Å². The van der Waals surface area contributed by atoms with E-state index in [2.05, 4.69) is 5.32 Å². The fraction of sp³-hybridized carbons (Fsp3) is 1.00. The van der Waals surface area contributed by atoms with Crippen molar-refractivity contribution in [3.8, 4) is 0 Å². The van der Waals surface area contributed by atoms with Crippen molar-refractivity contribution >= 4 is 9.84 Å². The summed E-state index contributed by atoms with van der Waals surface area (Å²) >= 11 is 0. The molecule has 0 spiro atoms. The minimum Gasteiger partial charge on any atom is -0.389 e. The van der Waals surface area contributed by atoms with Gasteiger partial charge < -0.3 is 10.4 Å². The molecule has 0 saturated heterocycles. The van der Waals surface area contributed by atoms with Crippen molar-refractivity contribution in [3.63, 3.8) is 0 Å². The van der Waals surface area contributed by atoms with Gasteiger partial charge in [0.15, 0.2) is 0 Å². The first-order chi connectivity index (χ1) is 5.83. The largest absolute Gasteiger partial charge is 0.389 e. The summed E-state index contributed by atoms with van der Waals surface area (Å²) in [7, 11) is -1.23. The van der Waals surface area contributed by atoms with Gasteiger partial charge in [0.1, 0.15) is 9.84 Å². The lowest BCUT2D eigenvalue weighted by atomic mass is 10.0.